The summed E-state index contributed by atoms with van der Waals surface area (Å²) in [5, 5.41) is 6.54. The van der Waals surface area contributed by atoms with Crippen LogP contribution >= 0.6 is 0 Å². The molecule has 23 heavy (non-hydrogen) atoms. The average molecular weight is 318 g/mol. The van der Waals surface area contributed by atoms with E-state index in [1.807, 2.05) is 25.1 Å². The Morgan fingerprint density at radius 1 is 1.26 bits per heavy atom. The lowest BCUT2D eigenvalue weighted by molar-refractivity contribution is -0.123. The van der Waals surface area contributed by atoms with Crippen molar-refractivity contribution in [3.05, 3.63) is 23.8 Å². The second-order valence-electron chi connectivity index (χ2n) is 6.71. The summed E-state index contributed by atoms with van der Waals surface area (Å²) in [4.78, 5) is 12.6. The summed E-state index contributed by atoms with van der Waals surface area (Å²) in [6.45, 7) is 4.08. The zero-order valence-corrected chi connectivity index (χ0v) is 14.1. The minimum atomic E-state index is -0.0401. The Labute approximate surface area is 137 Å². The summed E-state index contributed by atoms with van der Waals surface area (Å²) in [6.07, 6.45) is 3.28. The highest BCUT2D eigenvalue weighted by Gasteiger charge is 2.57. The van der Waals surface area contributed by atoms with E-state index in [9.17, 15) is 4.79 Å². The van der Waals surface area contributed by atoms with Crippen LogP contribution in [0.2, 0.25) is 0 Å². The lowest BCUT2D eigenvalue weighted by Gasteiger charge is -2.24. The summed E-state index contributed by atoms with van der Waals surface area (Å²) in [5.74, 6) is 1.76. The summed E-state index contributed by atoms with van der Waals surface area (Å²) < 4.78 is 10.6. The van der Waals surface area contributed by atoms with Gasteiger partial charge in [0, 0.05) is 5.92 Å². The number of methoxy groups -OCH3 is 2. The van der Waals surface area contributed by atoms with Crippen molar-refractivity contribution in [1.82, 2.24) is 10.6 Å². The SMILES string of the molecule is COc1ccc(C(C)NC(=O)C2CC23CCNCC3)cc1OC. The summed E-state index contributed by atoms with van der Waals surface area (Å²) >= 11 is 0. The second kappa shape index (κ2) is 6.40. The Balaban J connectivity index is 1.63. The molecule has 3 rings (SSSR count). The van der Waals surface area contributed by atoms with Gasteiger partial charge in [0.05, 0.1) is 20.3 Å². The number of ether oxygens (including phenoxy) is 2. The van der Waals surface area contributed by atoms with Gasteiger partial charge in [0.2, 0.25) is 5.91 Å². The minimum absolute atomic E-state index is 0.0401. The summed E-state index contributed by atoms with van der Waals surface area (Å²) in [6, 6.07) is 5.74. The number of rotatable bonds is 5. The van der Waals surface area contributed by atoms with E-state index < -0.39 is 0 Å². The second-order valence-corrected chi connectivity index (χ2v) is 6.71. The molecular formula is C18H26N2O3. The molecule has 5 heteroatoms. The molecule has 1 saturated heterocycles. The predicted molar refractivity (Wildman–Crippen MR) is 88.7 cm³/mol. The molecule has 2 fully saturated rings. The molecule has 1 aromatic rings. The van der Waals surface area contributed by atoms with Crippen LogP contribution in [-0.2, 0) is 4.79 Å². The number of benzene rings is 1. The molecule has 5 nitrogen and oxygen atoms in total. The van der Waals surface area contributed by atoms with Crippen LogP contribution in [-0.4, -0.2) is 33.2 Å². The van der Waals surface area contributed by atoms with Crippen LogP contribution in [0.15, 0.2) is 18.2 Å². The number of nitrogens with one attached hydrogen (secondary N) is 2. The molecule has 1 heterocycles. The van der Waals surface area contributed by atoms with Crippen molar-refractivity contribution in [3.8, 4) is 11.5 Å². The average Bonchev–Trinajstić information content (AvgIpc) is 3.27. The van der Waals surface area contributed by atoms with Crippen LogP contribution in [0.3, 0.4) is 0 Å². The van der Waals surface area contributed by atoms with Crippen molar-refractivity contribution in [2.75, 3.05) is 27.3 Å². The topological polar surface area (TPSA) is 59.6 Å². The summed E-state index contributed by atoms with van der Waals surface area (Å²) in [7, 11) is 3.24. The first kappa shape index (κ1) is 16.1. The third-order valence-electron chi connectivity index (χ3n) is 5.37. The van der Waals surface area contributed by atoms with Gasteiger partial charge >= 0.3 is 0 Å². The number of hydrogen-bond donors (Lipinski definition) is 2. The maximum absolute atomic E-state index is 12.6. The largest absolute Gasteiger partial charge is 0.493 e. The monoisotopic (exact) mass is 318 g/mol. The number of carbonyl (C=O) groups excluding carboxylic acids is 1. The van der Waals surface area contributed by atoms with Crippen molar-refractivity contribution < 1.29 is 14.3 Å². The maximum atomic E-state index is 12.6. The van der Waals surface area contributed by atoms with E-state index in [4.69, 9.17) is 9.47 Å². The smallest absolute Gasteiger partial charge is 0.224 e. The van der Waals surface area contributed by atoms with Crippen LogP contribution in [0.25, 0.3) is 0 Å². The van der Waals surface area contributed by atoms with Crippen LogP contribution in [0.4, 0.5) is 0 Å². The predicted octanol–water partition coefficient (Wildman–Crippen LogP) is 2.27. The van der Waals surface area contributed by atoms with Crippen molar-refractivity contribution >= 4 is 5.91 Å². The Kier molecular flexibility index (Phi) is 4.48. The van der Waals surface area contributed by atoms with E-state index in [1.165, 1.54) is 0 Å². The summed E-state index contributed by atoms with van der Waals surface area (Å²) in [5.41, 5.74) is 1.29. The van der Waals surface area contributed by atoms with Gasteiger partial charge in [0.15, 0.2) is 11.5 Å². The van der Waals surface area contributed by atoms with Gasteiger partial charge in [-0.3, -0.25) is 4.79 Å². The van der Waals surface area contributed by atoms with Gasteiger partial charge in [-0.25, -0.2) is 0 Å². The molecule has 2 unspecified atom stereocenters. The van der Waals surface area contributed by atoms with Gasteiger partial charge in [0.25, 0.3) is 0 Å². The molecule has 2 aliphatic rings. The van der Waals surface area contributed by atoms with Gasteiger partial charge < -0.3 is 20.1 Å². The van der Waals surface area contributed by atoms with Crippen LogP contribution in [0, 0.1) is 11.3 Å². The molecule has 2 atom stereocenters. The first-order valence-electron chi connectivity index (χ1n) is 8.32. The molecule has 0 aromatic heterocycles. The number of piperidine rings is 1. The molecule has 126 valence electrons. The lowest BCUT2D eigenvalue weighted by Crippen LogP contribution is -2.34. The Hall–Kier alpha value is -1.75. The Morgan fingerprint density at radius 3 is 2.61 bits per heavy atom. The normalized spacial score (nSPS) is 23.2. The van der Waals surface area contributed by atoms with Gasteiger partial charge in [-0.1, -0.05) is 6.07 Å². The quantitative estimate of drug-likeness (QED) is 0.874. The molecule has 2 N–H and O–H groups in total. The third-order valence-corrected chi connectivity index (χ3v) is 5.37. The van der Waals surface area contributed by atoms with E-state index in [0.29, 0.717) is 11.5 Å². The molecule has 0 bridgehead atoms. The van der Waals surface area contributed by atoms with Gasteiger partial charge in [-0.05, 0) is 62.4 Å². The van der Waals surface area contributed by atoms with Crippen molar-refractivity contribution in [3.63, 3.8) is 0 Å². The first-order chi connectivity index (χ1) is 11.1. The molecule has 1 amide bonds. The fourth-order valence-electron chi connectivity index (χ4n) is 3.72. The van der Waals surface area contributed by atoms with Crippen LogP contribution in [0.5, 0.6) is 11.5 Å². The maximum Gasteiger partial charge on any atom is 0.224 e. The molecule has 1 saturated carbocycles. The minimum Gasteiger partial charge on any atom is -0.493 e. The fourth-order valence-corrected chi connectivity index (χ4v) is 3.72. The van der Waals surface area contributed by atoms with E-state index >= 15 is 0 Å². The highest BCUT2D eigenvalue weighted by molar-refractivity contribution is 5.83. The van der Waals surface area contributed by atoms with E-state index in [2.05, 4.69) is 10.6 Å². The van der Waals surface area contributed by atoms with Gasteiger partial charge in [-0.15, -0.1) is 0 Å². The van der Waals surface area contributed by atoms with E-state index in [1.54, 1.807) is 14.2 Å². The standard InChI is InChI=1S/C18H26N2O3/c1-12(13-4-5-15(22-2)16(10-13)23-3)20-17(21)14-11-18(14)6-8-19-9-7-18/h4-5,10,12,14,19H,6-9,11H2,1-3H3,(H,20,21). The van der Waals surface area contributed by atoms with Crippen LogP contribution in [0.1, 0.15) is 37.8 Å². The number of hydrogen-bond acceptors (Lipinski definition) is 4. The van der Waals surface area contributed by atoms with Crippen molar-refractivity contribution in [2.45, 2.75) is 32.2 Å². The molecule has 1 aliphatic heterocycles. The Morgan fingerprint density at radius 2 is 1.96 bits per heavy atom. The van der Waals surface area contributed by atoms with E-state index in [-0.39, 0.29) is 23.3 Å². The molecule has 1 aromatic carbocycles. The van der Waals surface area contributed by atoms with Gasteiger partial charge in [0.1, 0.15) is 0 Å². The van der Waals surface area contributed by atoms with Crippen LogP contribution < -0.4 is 20.1 Å². The zero-order chi connectivity index (χ0) is 16.4. The lowest BCUT2D eigenvalue weighted by atomic mass is 9.91. The third kappa shape index (κ3) is 3.15. The van der Waals surface area contributed by atoms with E-state index in [0.717, 1.165) is 37.9 Å². The Bertz CT molecular complexity index is 582. The van der Waals surface area contributed by atoms with Crippen molar-refractivity contribution in [1.29, 1.82) is 0 Å². The molecule has 1 spiro atoms. The first-order valence-corrected chi connectivity index (χ1v) is 8.32. The highest BCUT2D eigenvalue weighted by atomic mass is 16.5. The molecule has 1 aliphatic carbocycles. The number of amides is 1. The molecule has 0 radical (unpaired) electrons. The van der Waals surface area contributed by atoms with Gasteiger partial charge in [-0.2, -0.15) is 0 Å². The molecular weight excluding hydrogens is 292 g/mol. The number of carbonyl (C=O) groups is 1. The highest BCUT2D eigenvalue weighted by Crippen LogP contribution is 2.58. The fraction of sp³-hybridized carbons (Fsp3) is 0.611. The van der Waals surface area contributed by atoms with Crippen molar-refractivity contribution in [2.24, 2.45) is 11.3 Å². The zero-order valence-electron chi connectivity index (χ0n) is 14.1.